The van der Waals surface area contributed by atoms with Crippen LogP contribution in [0.5, 0.6) is 5.75 Å². The fraction of sp³-hybridized carbons (Fsp3) is 0.382. The number of carbonyl (C=O) groups is 1. The smallest absolute Gasteiger partial charge is 0.295 e. The number of nitrogens with one attached hydrogen (secondary N) is 1. The number of piperidine rings is 1. The van der Waals surface area contributed by atoms with Gasteiger partial charge < -0.3 is 19.5 Å². The Morgan fingerprint density at radius 3 is 2.40 bits per heavy atom. The van der Waals surface area contributed by atoms with Gasteiger partial charge in [0, 0.05) is 48.5 Å². The summed E-state index contributed by atoms with van der Waals surface area (Å²) < 4.78 is 12.5. The number of aliphatic hydroxyl groups is 1. The van der Waals surface area contributed by atoms with Gasteiger partial charge in [-0.25, -0.2) is 4.99 Å². The van der Waals surface area contributed by atoms with Crippen molar-refractivity contribution in [2.45, 2.75) is 56.8 Å². The van der Waals surface area contributed by atoms with Gasteiger partial charge in [-0.3, -0.25) is 4.79 Å². The van der Waals surface area contributed by atoms with Crippen LogP contribution >= 0.6 is 0 Å². The van der Waals surface area contributed by atoms with Crippen molar-refractivity contribution in [1.29, 1.82) is 5.53 Å². The van der Waals surface area contributed by atoms with Gasteiger partial charge in [0.25, 0.3) is 12.6 Å². The van der Waals surface area contributed by atoms with Crippen molar-refractivity contribution in [2.75, 3.05) is 26.3 Å². The minimum Gasteiger partial charge on any atom is -0.494 e. The predicted octanol–water partition coefficient (Wildman–Crippen LogP) is 4.87. The lowest BCUT2D eigenvalue weighted by molar-refractivity contribution is -0.140. The van der Waals surface area contributed by atoms with Crippen molar-refractivity contribution in [2.24, 2.45) is 15.2 Å². The van der Waals surface area contributed by atoms with Crippen molar-refractivity contribution in [3.8, 4) is 5.75 Å². The SMILES string of the molecule is C=[N+]=NCc1ccccc1C[C@@]1(C(=O)N2CCCCC2)N=C(c2ccc(OCCCO)cc2)O[C@@H]1c1ccccc1CN=[N+]=N. The highest BCUT2D eigenvalue weighted by Gasteiger charge is 2.55. The van der Waals surface area contributed by atoms with E-state index in [4.69, 9.17) is 25.1 Å². The van der Waals surface area contributed by atoms with Gasteiger partial charge in [-0.2, -0.15) is 0 Å². The number of nitrogens with zero attached hydrogens (tertiary/aromatic N) is 6. The van der Waals surface area contributed by atoms with E-state index < -0.39 is 11.6 Å². The van der Waals surface area contributed by atoms with Crippen molar-refractivity contribution in [3.63, 3.8) is 0 Å². The van der Waals surface area contributed by atoms with Crippen LogP contribution in [0.15, 0.2) is 88.0 Å². The minimum atomic E-state index is -1.34. The number of aliphatic imine (C=N–C) groups is 1. The molecular weight excluding hydrogens is 570 g/mol. The summed E-state index contributed by atoms with van der Waals surface area (Å²) in [6.07, 6.45) is 2.98. The highest BCUT2D eigenvalue weighted by atomic mass is 16.5. The first kappa shape index (κ1) is 31.5. The van der Waals surface area contributed by atoms with Gasteiger partial charge in [-0.1, -0.05) is 48.5 Å². The van der Waals surface area contributed by atoms with Crippen molar-refractivity contribution < 1.29 is 24.2 Å². The standard InChI is InChI=1S/C34H39N7O4/c1-36-37-23-27-11-4-3-10-26(27)22-34(33(43)41-18-7-2-8-19-41)31(30-13-6-5-12-28(30)24-38-40-35)45-32(39-34)25-14-16-29(17-15-25)44-21-9-20-42/h3-6,10-17,31,35,42H,1-2,7-9,18-24H2/q+2/t31-,34-/m1/s1. The van der Waals surface area contributed by atoms with E-state index in [0.717, 1.165) is 41.5 Å². The Morgan fingerprint density at radius 2 is 1.69 bits per heavy atom. The summed E-state index contributed by atoms with van der Waals surface area (Å²) in [5.74, 6) is 0.938. The van der Waals surface area contributed by atoms with Crippen LogP contribution in [0.1, 0.15) is 59.6 Å². The van der Waals surface area contributed by atoms with Crippen LogP contribution in [-0.4, -0.2) is 65.2 Å². The molecule has 1 saturated heterocycles. The number of ether oxygens (including phenoxy) is 2. The van der Waals surface area contributed by atoms with E-state index in [1.54, 1.807) is 0 Å². The van der Waals surface area contributed by atoms with Gasteiger partial charge in [0.05, 0.1) is 11.7 Å². The molecule has 3 aromatic carbocycles. The zero-order valence-corrected chi connectivity index (χ0v) is 25.3. The maximum Gasteiger partial charge on any atom is 0.295 e. The predicted molar refractivity (Wildman–Crippen MR) is 168 cm³/mol. The van der Waals surface area contributed by atoms with Crippen LogP contribution in [-0.2, 0) is 29.0 Å². The Kier molecular flexibility index (Phi) is 10.6. The van der Waals surface area contributed by atoms with E-state index in [-0.39, 0.29) is 25.5 Å². The molecule has 2 aliphatic heterocycles. The number of likely N-dealkylation sites (tertiary alicyclic amines) is 1. The number of rotatable bonds is 13. The molecule has 5 rings (SSSR count). The van der Waals surface area contributed by atoms with Crippen LogP contribution in [0.25, 0.3) is 0 Å². The lowest BCUT2D eigenvalue weighted by atomic mass is 9.79. The Hall–Kier alpha value is -4.95. The molecule has 0 bridgehead atoms. The van der Waals surface area contributed by atoms with Crippen LogP contribution in [0.2, 0.25) is 0 Å². The first-order chi connectivity index (χ1) is 22.1. The molecule has 11 heteroatoms. The average molecular weight is 610 g/mol. The quantitative estimate of drug-likeness (QED) is 0.123. The van der Waals surface area contributed by atoms with Crippen LogP contribution in [0.3, 0.4) is 0 Å². The van der Waals surface area contributed by atoms with Gasteiger partial charge in [0.15, 0.2) is 11.6 Å². The second-order valence-corrected chi connectivity index (χ2v) is 11.1. The molecular formula is C34H39N7O4+2. The van der Waals surface area contributed by atoms with Crippen LogP contribution in [0.4, 0.5) is 0 Å². The first-order valence-electron chi connectivity index (χ1n) is 15.3. The maximum absolute atomic E-state index is 14.9. The fourth-order valence-corrected chi connectivity index (χ4v) is 5.96. The molecule has 45 heavy (non-hydrogen) atoms. The molecule has 0 unspecified atom stereocenters. The molecule has 232 valence electrons. The molecule has 2 aliphatic rings. The van der Waals surface area contributed by atoms with Gasteiger partial charge in [-0.15, -0.1) is 0 Å². The van der Waals surface area contributed by atoms with Crippen molar-refractivity contribution >= 4 is 18.5 Å². The first-order valence-corrected chi connectivity index (χ1v) is 15.3. The Labute approximate surface area is 262 Å². The summed E-state index contributed by atoms with van der Waals surface area (Å²) in [4.78, 5) is 29.0. The third-order valence-corrected chi connectivity index (χ3v) is 8.22. The topological polar surface area (TPSA) is 148 Å². The van der Waals surface area contributed by atoms with Crippen LogP contribution < -0.4 is 9.65 Å². The van der Waals surface area contributed by atoms with E-state index >= 15 is 0 Å². The second kappa shape index (κ2) is 15.2. The van der Waals surface area contributed by atoms with Crippen molar-refractivity contribution in [1.82, 2.24) is 9.81 Å². The summed E-state index contributed by atoms with van der Waals surface area (Å²) in [5, 5.41) is 17.2. The van der Waals surface area contributed by atoms with E-state index in [1.165, 1.54) is 0 Å². The fourth-order valence-electron chi connectivity index (χ4n) is 5.96. The number of aliphatic hydroxyl groups excluding tert-OH is 1. The molecule has 2 atom stereocenters. The number of amides is 1. The van der Waals surface area contributed by atoms with E-state index in [0.29, 0.717) is 49.9 Å². The molecule has 11 nitrogen and oxygen atoms in total. The highest BCUT2D eigenvalue weighted by Crippen LogP contribution is 2.45. The van der Waals surface area contributed by atoms with E-state index in [2.05, 4.69) is 26.6 Å². The highest BCUT2D eigenvalue weighted by molar-refractivity contribution is 6.01. The summed E-state index contributed by atoms with van der Waals surface area (Å²) in [5.41, 5.74) is 10.1. The molecule has 0 spiro atoms. The average Bonchev–Trinajstić information content (AvgIpc) is 3.47. The molecule has 0 saturated carbocycles. The minimum absolute atomic E-state index is 0.0587. The van der Waals surface area contributed by atoms with Gasteiger partial charge in [-0.05, 0) is 60.2 Å². The number of benzene rings is 3. The molecule has 2 heterocycles. The molecule has 3 aromatic rings. The number of hydrogen-bond donors (Lipinski definition) is 2. The number of hydrogen-bond acceptors (Lipinski definition) is 8. The molecule has 1 fully saturated rings. The Balaban J connectivity index is 1.66. The third-order valence-electron chi connectivity index (χ3n) is 8.22. The Morgan fingerprint density at radius 1 is 1.00 bits per heavy atom. The van der Waals surface area contributed by atoms with Gasteiger partial charge >= 0.3 is 0 Å². The maximum atomic E-state index is 14.9. The molecule has 1 amide bonds. The summed E-state index contributed by atoms with van der Waals surface area (Å²) >= 11 is 0. The molecule has 0 aliphatic carbocycles. The lowest BCUT2D eigenvalue weighted by Gasteiger charge is -2.38. The zero-order chi connectivity index (χ0) is 31.5. The molecule has 0 radical (unpaired) electrons. The number of carbonyl (C=O) groups excluding carboxylic acids is 1. The molecule has 2 N–H and O–H groups in total. The zero-order valence-electron chi connectivity index (χ0n) is 25.3. The largest absolute Gasteiger partial charge is 0.494 e. The normalized spacial score (nSPS) is 19.1. The van der Waals surface area contributed by atoms with E-state index in [9.17, 15) is 4.79 Å². The van der Waals surface area contributed by atoms with E-state index in [1.807, 2.05) is 77.7 Å². The summed E-state index contributed by atoms with van der Waals surface area (Å²) in [7, 11) is 0. The third kappa shape index (κ3) is 7.24. The van der Waals surface area contributed by atoms with Gasteiger partial charge in [0.1, 0.15) is 29.5 Å². The van der Waals surface area contributed by atoms with Crippen LogP contribution in [0, 0.1) is 5.53 Å². The summed E-state index contributed by atoms with van der Waals surface area (Å²) in [6, 6.07) is 23.0. The lowest BCUT2D eigenvalue weighted by Crippen LogP contribution is -2.53. The van der Waals surface area contributed by atoms with Gasteiger partial charge in [0.2, 0.25) is 10.8 Å². The Bertz CT molecular complexity index is 1610. The second-order valence-electron chi connectivity index (χ2n) is 11.1. The van der Waals surface area contributed by atoms with Crippen molar-refractivity contribution in [3.05, 3.63) is 101 Å². The monoisotopic (exact) mass is 609 g/mol. The summed E-state index contributed by atoms with van der Waals surface area (Å²) in [6.45, 7) is 5.77. The molecule has 0 aromatic heterocycles.